The number of carbonyl (C=O) groups is 4. The molecule has 3 saturated heterocycles. The molecule has 3 fully saturated rings. The van der Waals surface area contributed by atoms with Crippen LogP contribution in [-0.2, 0) is 14.4 Å². The van der Waals surface area contributed by atoms with Crippen LogP contribution >= 0.6 is 0 Å². The van der Waals surface area contributed by atoms with Crippen molar-refractivity contribution in [3.8, 4) is 0 Å². The quantitative estimate of drug-likeness (QED) is 0.584. The Labute approximate surface area is 200 Å². The van der Waals surface area contributed by atoms with Crippen molar-refractivity contribution in [1.29, 1.82) is 0 Å². The predicted octanol–water partition coefficient (Wildman–Crippen LogP) is 0.358. The monoisotopic (exact) mass is 480 g/mol. The van der Waals surface area contributed by atoms with Crippen LogP contribution in [0.1, 0.15) is 34.9 Å². The number of fused-ring (bicyclic) bond motifs is 2. The van der Waals surface area contributed by atoms with E-state index in [4.69, 9.17) is 0 Å². The van der Waals surface area contributed by atoms with Crippen LogP contribution < -0.4 is 10.6 Å². The summed E-state index contributed by atoms with van der Waals surface area (Å²) in [6, 6.07) is 11.0. The summed E-state index contributed by atoms with van der Waals surface area (Å²) < 4.78 is 13.7. The van der Waals surface area contributed by atoms with E-state index in [1.807, 2.05) is 0 Å². The highest BCUT2D eigenvalue weighted by Crippen LogP contribution is 2.30. The van der Waals surface area contributed by atoms with Crippen LogP contribution in [-0.4, -0.2) is 75.8 Å². The Kier molecular flexibility index (Phi) is 5.98. The molecule has 0 aromatic heterocycles. The van der Waals surface area contributed by atoms with Gasteiger partial charge in [0.2, 0.25) is 11.8 Å². The van der Waals surface area contributed by atoms with E-state index in [1.165, 1.54) is 28.0 Å². The van der Waals surface area contributed by atoms with Crippen LogP contribution in [0.3, 0.4) is 0 Å². The van der Waals surface area contributed by atoms with Crippen LogP contribution in [0.5, 0.6) is 0 Å². The van der Waals surface area contributed by atoms with Crippen molar-refractivity contribution < 1.29 is 28.7 Å². The number of carbonyl (C=O) groups excluding carboxylic acids is 4. The summed E-state index contributed by atoms with van der Waals surface area (Å²) in [6.45, 7) is 0.327. The number of amides is 4. The molecular formula is C25H25FN4O5. The van der Waals surface area contributed by atoms with Gasteiger partial charge in [-0.1, -0.05) is 36.4 Å². The third-order valence-electron chi connectivity index (χ3n) is 6.91. The van der Waals surface area contributed by atoms with E-state index in [0.29, 0.717) is 12.0 Å². The smallest absolute Gasteiger partial charge is 0.254 e. The van der Waals surface area contributed by atoms with Gasteiger partial charge in [0.05, 0.1) is 6.04 Å². The third kappa shape index (κ3) is 4.25. The lowest BCUT2D eigenvalue weighted by Crippen LogP contribution is -2.52. The fraction of sp³-hybridized carbons (Fsp3) is 0.360. The molecule has 10 heteroatoms. The number of aliphatic hydroxyl groups is 1. The maximum atomic E-state index is 13.7. The molecule has 3 N–H and O–H groups in total. The summed E-state index contributed by atoms with van der Waals surface area (Å²) in [5.41, 5.74) is 0.568. The lowest BCUT2D eigenvalue weighted by atomic mass is 10.1. The fourth-order valence-electron chi connectivity index (χ4n) is 5.21. The van der Waals surface area contributed by atoms with Gasteiger partial charge in [-0.3, -0.25) is 19.2 Å². The molecule has 0 bridgehead atoms. The minimum atomic E-state index is -1.38. The molecule has 3 aliphatic heterocycles. The van der Waals surface area contributed by atoms with Gasteiger partial charge in [-0.2, -0.15) is 0 Å². The van der Waals surface area contributed by atoms with Crippen molar-refractivity contribution >= 4 is 23.6 Å². The Morgan fingerprint density at radius 1 is 1.11 bits per heavy atom. The number of halogens is 1. The average molecular weight is 480 g/mol. The number of aliphatic hydroxyl groups excluding tert-OH is 1. The van der Waals surface area contributed by atoms with Gasteiger partial charge in [0.1, 0.15) is 17.9 Å². The van der Waals surface area contributed by atoms with Crippen molar-refractivity contribution in [3.63, 3.8) is 0 Å². The molecule has 5 atom stereocenters. The summed E-state index contributed by atoms with van der Waals surface area (Å²) in [7, 11) is 0. The average Bonchev–Trinajstić information content (AvgIpc) is 3.45. The number of hydrogen-bond donors (Lipinski definition) is 3. The maximum Gasteiger partial charge on any atom is 0.254 e. The van der Waals surface area contributed by atoms with E-state index < -0.39 is 47.9 Å². The third-order valence-corrected chi connectivity index (χ3v) is 6.91. The molecule has 0 spiro atoms. The molecule has 9 nitrogen and oxygen atoms in total. The molecule has 0 radical (unpaired) electrons. The van der Waals surface area contributed by atoms with Gasteiger partial charge in [0.15, 0.2) is 6.10 Å². The number of benzene rings is 2. The second-order valence-electron chi connectivity index (χ2n) is 9.12. The van der Waals surface area contributed by atoms with Crippen molar-refractivity contribution in [1.82, 2.24) is 20.4 Å². The Morgan fingerprint density at radius 3 is 2.63 bits per heavy atom. The maximum absolute atomic E-state index is 13.7. The second kappa shape index (κ2) is 9.10. The number of nitrogens with one attached hydrogen (secondary N) is 2. The highest BCUT2D eigenvalue weighted by Gasteiger charge is 2.52. The Balaban J connectivity index is 1.32. The van der Waals surface area contributed by atoms with E-state index >= 15 is 0 Å². The molecular weight excluding hydrogens is 455 g/mol. The van der Waals surface area contributed by atoms with Crippen LogP contribution in [0.2, 0.25) is 0 Å². The van der Waals surface area contributed by atoms with Gasteiger partial charge in [0, 0.05) is 24.7 Å². The summed E-state index contributed by atoms with van der Waals surface area (Å²) in [5.74, 6) is -2.38. The molecule has 5 unspecified atom stereocenters. The molecule has 3 heterocycles. The van der Waals surface area contributed by atoms with Gasteiger partial charge in [-0.25, -0.2) is 4.39 Å². The molecule has 182 valence electrons. The largest absolute Gasteiger partial charge is 0.378 e. The number of likely N-dealkylation sites (tertiary alicyclic amines) is 1. The summed E-state index contributed by atoms with van der Waals surface area (Å²) >= 11 is 0. The first kappa shape index (κ1) is 23.0. The Morgan fingerprint density at radius 2 is 1.89 bits per heavy atom. The molecule has 2 aromatic rings. The van der Waals surface area contributed by atoms with Gasteiger partial charge in [0.25, 0.3) is 11.8 Å². The minimum absolute atomic E-state index is 0.0788. The van der Waals surface area contributed by atoms with E-state index in [1.54, 1.807) is 30.3 Å². The summed E-state index contributed by atoms with van der Waals surface area (Å²) in [6.07, 6.45) is -0.769. The van der Waals surface area contributed by atoms with Crippen molar-refractivity contribution in [2.24, 2.45) is 0 Å². The van der Waals surface area contributed by atoms with Gasteiger partial charge < -0.3 is 25.5 Å². The lowest BCUT2D eigenvalue weighted by Gasteiger charge is -2.29. The fourth-order valence-corrected chi connectivity index (χ4v) is 5.21. The first-order valence-electron chi connectivity index (χ1n) is 11.5. The number of nitrogens with zero attached hydrogens (tertiary/aromatic N) is 2. The lowest BCUT2D eigenvalue weighted by molar-refractivity contribution is -0.138. The Bertz CT molecular complexity index is 1180. The first-order chi connectivity index (χ1) is 16.8. The molecule has 2 aromatic carbocycles. The molecule has 3 aliphatic rings. The molecule has 0 aliphatic carbocycles. The van der Waals surface area contributed by atoms with Crippen molar-refractivity contribution in [2.45, 2.75) is 43.1 Å². The van der Waals surface area contributed by atoms with E-state index in [-0.39, 0.29) is 36.9 Å². The second-order valence-corrected chi connectivity index (χ2v) is 9.12. The van der Waals surface area contributed by atoms with Crippen LogP contribution in [0.15, 0.2) is 54.6 Å². The zero-order valence-electron chi connectivity index (χ0n) is 18.8. The van der Waals surface area contributed by atoms with Crippen molar-refractivity contribution in [3.05, 3.63) is 71.5 Å². The normalized spacial score (nSPS) is 26.5. The Hall–Kier alpha value is -3.79. The van der Waals surface area contributed by atoms with Crippen LogP contribution in [0, 0.1) is 5.82 Å². The van der Waals surface area contributed by atoms with Crippen LogP contribution in [0.25, 0.3) is 0 Å². The summed E-state index contributed by atoms with van der Waals surface area (Å²) in [5, 5.41) is 16.0. The van der Waals surface area contributed by atoms with Crippen LogP contribution in [0.4, 0.5) is 4.39 Å². The zero-order valence-corrected chi connectivity index (χ0v) is 18.8. The van der Waals surface area contributed by atoms with E-state index in [9.17, 15) is 28.7 Å². The highest BCUT2D eigenvalue weighted by molar-refractivity contribution is 6.01. The number of rotatable bonds is 4. The van der Waals surface area contributed by atoms with E-state index in [2.05, 4.69) is 10.6 Å². The van der Waals surface area contributed by atoms with Gasteiger partial charge in [-0.05, 0) is 36.6 Å². The molecule has 5 rings (SSSR count). The van der Waals surface area contributed by atoms with Crippen molar-refractivity contribution in [2.75, 3.05) is 13.1 Å². The van der Waals surface area contributed by atoms with Gasteiger partial charge >= 0.3 is 0 Å². The minimum Gasteiger partial charge on any atom is -0.378 e. The topological polar surface area (TPSA) is 119 Å². The van der Waals surface area contributed by atoms with E-state index in [0.717, 1.165) is 6.07 Å². The SMILES string of the molecule is O=C(NC1CC2C(=O)NC3CCN(C(=O)c4cccc(F)c4)C3C(=O)N2C1)C(O)c1ccccc1. The molecule has 35 heavy (non-hydrogen) atoms. The standard InChI is InChI=1S/C25H25FN4O5/c26-16-8-4-7-15(11-16)24(34)29-10-9-18-20(29)25(35)30-13-17(12-19(30)22(32)28-18)27-23(33)21(31)14-5-2-1-3-6-14/h1-8,11,17-21,31H,9-10,12-13H2,(H,27,33)(H,28,32). The number of hydrogen-bond acceptors (Lipinski definition) is 5. The predicted molar refractivity (Wildman–Crippen MR) is 121 cm³/mol. The summed E-state index contributed by atoms with van der Waals surface area (Å²) in [4.78, 5) is 55.0. The molecule has 0 saturated carbocycles. The molecule has 4 amide bonds. The first-order valence-corrected chi connectivity index (χ1v) is 11.5. The highest BCUT2D eigenvalue weighted by atomic mass is 19.1. The van der Waals surface area contributed by atoms with Gasteiger partial charge in [-0.15, -0.1) is 0 Å². The zero-order chi connectivity index (χ0) is 24.7.